The fourth-order valence-corrected chi connectivity index (χ4v) is 3.28. The quantitative estimate of drug-likeness (QED) is 0.810. The van der Waals surface area contributed by atoms with Crippen LogP contribution in [0.4, 0.5) is 13.2 Å². The molecule has 1 N–H and O–H groups in total. The van der Waals surface area contributed by atoms with E-state index in [0.29, 0.717) is 26.0 Å². The largest absolute Gasteiger partial charge is 0.468 e. The fraction of sp³-hybridized carbons (Fsp3) is 0.929. The summed E-state index contributed by atoms with van der Waals surface area (Å²) in [6.07, 6.45) is -1.94. The van der Waals surface area contributed by atoms with Crippen LogP contribution in [-0.4, -0.2) is 44.0 Å². The second-order valence-corrected chi connectivity index (χ2v) is 5.92. The van der Waals surface area contributed by atoms with Gasteiger partial charge in [0.25, 0.3) is 0 Å². The molecule has 3 unspecified atom stereocenters. The number of carbonyl (C=O) groups is 1. The maximum atomic E-state index is 13.0. The van der Waals surface area contributed by atoms with Gasteiger partial charge in [-0.1, -0.05) is 6.42 Å². The van der Waals surface area contributed by atoms with Crippen molar-refractivity contribution in [2.45, 2.75) is 56.3 Å². The van der Waals surface area contributed by atoms with E-state index < -0.39 is 23.6 Å². The first-order chi connectivity index (χ1) is 9.87. The van der Waals surface area contributed by atoms with E-state index in [4.69, 9.17) is 9.47 Å². The third kappa shape index (κ3) is 3.88. The van der Waals surface area contributed by atoms with Crippen molar-refractivity contribution in [3.05, 3.63) is 0 Å². The number of hydrogen-bond acceptors (Lipinski definition) is 4. The second-order valence-electron chi connectivity index (χ2n) is 5.92. The minimum Gasteiger partial charge on any atom is -0.468 e. The van der Waals surface area contributed by atoms with Gasteiger partial charge in [0.15, 0.2) is 0 Å². The maximum absolute atomic E-state index is 13.0. The number of rotatable bonds is 4. The first-order valence-corrected chi connectivity index (χ1v) is 7.39. The van der Waals surface area contributed by atoms with Crippen molar-refractivity contribution < 1.29 is 27.4 Å². The van der Waals surface area contributed by atoms with E-state index in [0.717, 1.165) is 12.8 Å². The van der Waals surface area contributed by atoms with Gasteiger partial charge in [-0.15, -0.1) is 0 Å². The smallest absolute Gasteiger partial charge is 0.391 e. The molecule has 1 heterocycles. The summed E-state index contributed by atoms with van der Waals surface area (Å²) in [6.45, 7) is 1.06. The lowest BCUT2D eigenvalue weighted by molar-refractivity contribution is -0.192. The normalized spacial score (nSPS) is 33.9. The Labute approximate surface area is 122 Å². The van der Waals surface area contributed by atoms with Crippen LogP contribution in [0.1, 0.15) is 38.5 Å². The van der Waals surface area contributed by atoms with Gasteiger partial charge in [0.1, 0.15) is 5.54 Å². The van der Waals surface area contributed by atoms with Gasteiger partial charge in [-0.05, 0) is 32.1 Å². The molecule has 2 aliphatic rings. The standard InChI is InChI=1S/C14H22F3NO3/c1-20-12(19)13(18-9-11-5-3-7-21-11)6-2-4-10(8-13)14(15,16)17/h10-11,18H,2-9H2,1H3. The van der Waals surface area contributed by atoms with Crippen molar-refractivity contribution in [2.75, 3.05) is 20.3 Å². The molecule has 1 aliphatic carbocycles. The molecule has 0 radical (unpaired) electrons. The van der Waals surface area contributed by atoms with Crippen molar-refractivity contribution in [1.82, 2.24) is 5.32 Å². The lowest BCUT2D eigenvalue weighted by Crippen LogP contribution is -2.58. The van der Waals surface area contributed by atoms with Crippen LogP contribution in [0, 0.1) is 5.92 Å². The lowest BCUT2D eigenvalue weighted by Gasteiger charge is -2.40. The van der Waals surface area contributed by atoms with Crippen LogP contribution in [0.3, 0.4) is 0 Å². The topological polar surface area (TPSA) is 47.6 Å². The Balaban J connectivity index is 2.06. The molecule has 122 valence electrons. The summed E-state index contributed by atoms with van der Waals surface area (Å²) in [4.78, 5) is 12.1. The Morgan fingerprint density at radius 1 is 1.38 bits per heavy atom. The van der Waals surface area contributed by atoms with E-state index in [-0.39, 0.29) is 18.9 Å². The summed E-state index contributed by atoms with van der Waals surface area (Å²) in [6, 6.07) is 0. The summed E-state index contributed by atoms with van der Waals surface area (Å²) >= 11 is 0. The highest BCUT2D eigenvalue weighted by molar-refractivity contribution is 5.81. The van der Waals surface area contributed by atoms with E-state index in [1.165, 1.54) is 7.11 Å². The van der Waals surface area contributed by atoms with Gasteiger partial charge in [0, 0.05) is 13.2 Å². The van der Waals surface area contributed by atoms with Crippen LogP contribution in [0.15, 0.2) is 0 Å². The Morgan fingerprint density at radius 3 is 2.71 bits per heavy atom. The first kappa shape index (κ1) is 16.5. The van der Waals surface area contributed by atoms with Gasteiger partial charge in [-0.2, -0.15) is 13.2 Å². The zero-order valence-electron chi connectivity index (χ0n) is 12.2. The highest BCUT2D eigenvalue weighted by Crippen LogP contribution is 2.42. The van der Waals surface area contributed by atoms with Gasteiger partial charge < -0.3 is 9.47 Å². The number of hydrogen-bond donors (Lipinski definition) is 1. The van der Waals surface area contributed by atoms with Crippen LogP contribution in [0.25, 0.3) is 0 Å². The van der Waals surface area contributed by atoms with E-state index in [1.54, 1.807) is 0 Å². The van der Waals surface area contributed by atoms with Crippen molar-refractivity contribution in [2.24, 2.45) is 5.92 Å². The molecule has 1 saturated carbocycles. The van der Waals surface area contributed by atoms with E-state index in [1.807, 2.05) is 0 Å². The monoisotopic (exact) mass is 309 g/mol. The molecule has 7 heteroatoms. The molecule has 2 fully saturated rings. The van der Waals surface area contributed by atoms with Crippen LogP contribution < -0.4 is 5.32 Å². The predicted octanol–water partition coefficient (Wildman–Crippen LogP) is 2.42. The van der Waals surface area contributed by atoms with Crippen LogP contribution >= 0.6 is 0 Å². The Hall–Kier alpha value is -0.820. The molecule has 1 saturated heterocycles. The molecular weight excluding hydrogens is 287 g/mol. The zero-order valence-corrected chi connectivity index (χ0v) is 12.2. The van der Waals surface area contributed by atoms with Crippen LogP contribution in [-0.2, 0) is 14.3 Å². The molecule has 2 rings (SSSR count). The second kappa shape index (κ2) is 6.52. The van der Waals surface area contributed by atoms with Crippen LogP contribution in [0.2, 0.25) is 0 Å². The van der Waals surface area contributed by atoms with Crippen molar-refractivity contribution in [3.63, 3.8) is 0 Å². The molecule has 0 bridgehead atoms. The average molecular weight is 309 g/mol. The molecule has 0 spiro atoms. The molecule has 0 aromatic carbocycles. The highest BCUT2D eigenvalue weighted by Gasteiger charge is 2.51. The van der Waals surface area contributed by atoms with Gasteiger partial charge in [0.05, 0.1) is 19.1 Å². The number of halogens is 3. The minimum atomic E-state index is -4.27. The van der Waals surface area contributed by atoms with Gasteiger partial charge in [-0.3, -0.25) is 10.1 Å². The van der Waals surface area contributed by atoms with Gasteiger partial charge in [0.2, 0.25) is 0 Å². The third-order valence-electron chi connectivity index (χ3n) is 4.48. The maximum Gasteiger partial charge on any atom is 0.391 e. The van der Waals surface area contributed by atoms with E-state index >= 15 is 0 Å². The number of nitrogens with one attached hydrogen (secondary N) is 1. The molecule has 21 heavy (non-hydrogen) atoms. The molecule has 1 aliphatic heterocycles. The zero-order chi connectivity index (χ0) is 15.5. The van der Waals surface area contributed by atoms with Gasteiger partial charge >= 0.3 is 12.1 Å². The van der Waals surface area contributed by atoms with E-state index in [2.05, 4.69) is 5.32 Å². The molecular formula is C14H22F3NO3. The summed E-state index contributed by atoms with van der Waals surface area (Å²) in [5, 5.41) is 3.03. The molecule has 3 atom stereocenters. The molecule has 4 nitrogen and oxygen atoms in total. The molecule has 0 amide bonds. The summed E-state index contributed by atoms with van der Waals surface area (Å²) in [7, 11) is 1.22. The lowest BCUT2D eigenvalue weighted by atomic mass is 9.75. The van der Waals surface area contributed by atoms with E-state index in [9.17, 15) is 18.0 Å². The number of carbonyl (C=O) groups excluding carboxylic acids is 1. The number of methoxy groups -OCH3 is 1. The highest BCUT2D eigenvalue weighted by atomic mass is 19.4. The number of ether oxygens (including phenoxy) is 2. The number of esters is 1. The minimum absolute atomic E-state index is 0.0298. The third-order valence-corrected chi connectivity index (χ3v) is 4.48. The summed E-state index contributed by atoms with van der Waals surface area (Å²) in [5.74, 6) is -2.06. The van der Waals surface area contributed by atoms with Crippen molar-refractivity contribution >= 4 is 5.97 Å². The van der Waals surface area contributed by atoms with Crippen molar-refractivity contribution in [3.8, 4) is 0 Å². The predicted molar refractivity (Wildman–Crippen MR) is 69.7 cm³/mol. The average Bonchev–Trinajstić information content (AvgIpc) is 2.97. The Morgan fingerprint density at radius 2 is 2.14 bits per heavy atom. The Kier molecular flexibility index (Phi) is 5.14. The van der Waals surface area contributed by atoms with Crippen LogP contribution in [0.5, 0.6) is 0 Å². The fourth-order valence-electron chi connectivity index (χ4n) is 3.28. The van der Waals surface area contributed by atoms with Gasteiger partial charge in [-0.25, -0.2) is 0 Å². The number of alkyl halides is 3. The Bertz CT molecular complexity index is 369. The molecule has 0 aromatic rings. The van der Waals surface area contributed by atoms with Crippen molar-refractivity contribution in [1.29, 1.82) is 0 Å². The summed E-state index contributed by atoms with van der Waals surface area (Å²) < 4.78 is 49.2. The molecule has 0 aromatic heterocycles. The first-order valence-electron chi connectivity index (χ1n) is 7.39. The SMILES string of the molecule is COC(=O)C1(NCC2CCCO2)CCCC(C(F)(F)F)C1. The summed E-state index contributed by atoms with van der Waals surface area (Å²) in [5.41, 5.74) is -1.24.